The third-order valence-electron chi connectivity index (χ3n) is 3.22. The molecule has 122 valence electrons. The monoisotopic (exact) mass is 305 g/mol. The van der Waals surface area contributed by atoms with Gasteiger partial charge >= 0.3 is 0 Å². The Labute approximate surface area is 123 Å². The predicted octanol–water partition coefficient (Wildman–Crippen LogP) is -1.68. The molecule has 1 heterocycles. The fourth-order valence-corrected chi connectivity index (χ4v) is 1.89. The summed E-state index contributed by atoms with van der Waals surface area (Å²) in [5.41, 5.74) is 0. The lowest BCUT2D eigenvalue weighted by molar-refractivity contribution is -0.292. The van der Waals surface area contributed by atoms with Crippen LogP contribution in [0.2, 0.25) is 0 Å². The SMILES string of the molecule is CC(=O)CCC(=O)NCCO[C@@H]1O[C@@H](C)[C@@H](O)[C@@H](O)[C@@H]1O. The number of Topliss-reactive ketones (excluding diaryl/α,β-unsaturated/α-hetero) is 1. The summed E-state index contributed by atoms with van der Waals surface area (Å²) in [6, 6.07) is 0. The first-order chi connectivity index (χ1) is 9.82. The van der Waals surface area contributed by atoms with Crippen LogP contribution in [0.25, 0.3) is 0 Å². The van der Waals surface area contributed by atoms with Gasteiger partial charge in [0.05, 0.1) is 12.7 Å². The molecule has 0 aromatic rings. The van der Waals surface area contributed by atoms with Crippen LogP contribution in [0.1, 0.15) is 26.7 Å². The second kappa shape index (κ2) is 8.40. The van der Waals surface area contributed by atoms with Crippen LogP contribution in [-0.2, 0) is 19.1 Å². The second-order valence-corrected chi connectivity index (χ2v) is 5.10. The van der Waals surface area contributed by atoms with E-state index in [0.717, 1.165) is 0 Å². The first-order valence-electron chi connectivity index (χ1n) is 6.90. The fraction of sp³-hybridized carbons (Fsp3) is 0.846. The Morgan fingerprint density at radius 1 is 1.14 bits per heavy atom. The number of ketones is 1. The standard InChI is InChI=1S/C13H23NO7/c1-7(15)3-4-9(16)14-5-6-20-13-12(19)11(18)10(17)8(2)21-13/h8,10-13,17-19H,3-6H2,1-2H3,(H,14,16)/t8-,10+,11+,12-,13+/m0/s1. The quantitative estimate of drug-likeness (QED) is 0.414. The zero-order valence-corrected chi connectivity index (χ0v) is 12.2. The van der Waals surface area contributed by atoms with E-state index in [0.29, 0.717) is 0 Å². The third kappa shape index (κ3) is 5.68. The van der Waals surface area contributed by atoms with E-state index in [1.807, 2.05) is 0 Å². The van der Waals surface area contributed by atoms with Gasteiger partial charge in [-0.1, -0.05) is 0 Å². The molecule has 1 fully saturated rings. The molecule has 0 unspecified atom stereocenters. The zero-order chi connectivity index (χ0) is 16.0. The summed E-state index contributed by atoms with van der Waals surface area (Å²) in [6.07, 6.45) is -5.29. The number of aliphatic hydroxyl groups is 3. The first-order valence-corrected chi connectivity index (χ1v) is 6.90. The summed E-state index contributed by atoms with van der Waals surface area (Å²) in [7, 11) is 0. The van der Waals surface area contributed by atoms with Gasteiger partial charge in [0.1, 0.15) is 24.1 Å². The lowest BCUT2D eigenvalue weighted by Crippen LogP contribution is -2.57. The minimum absolute atomic E-state index is 0.0540. The summed E-state index contributed by atoms with van der Waals surface area (Å²) in [5, 5.41) is 31.4. The fourth-order valence-electron chi connectivity index (χ4n) is 1.89. The lowest BCUT2D eigenvalue weighted by atomic mass is 10.0. The van der Waals surface area contributed by atoms with E-state index in [9.17, 15) is 24.9 Å². The largest absolute Gasteiger partial charge is 0.388 e. The Hall–Kier alpha value is -1.06. The van der Waals surface area contributed by atoms with Crippen LogP contribution in [0.5, 0.6) is 0 Å². The number of hydrogen-bond donors (Lipinski definition) is 4. The number of nitrogens with one attached hydrogen (secondary N) is 1. The molecule has 0 radical (unpaired) electrons. The van der Waals surface area contributed by atoms with Crippen molar-refractivity contribution < 1.29 is 34.4 Å². The highest BCUT2D eigenvalue weighted by Crippen LogP contribution is 2.21. The molecule has 1 amide bonds. The van der Waals surface area contributed by atoms with Crippen molar-refractivity contribution in [2.75, 3.05) is 13.2 Å². The molecule has 0 bridgehead atoms. The summed E-state index contributed by atoms with van der Waals surface area (Å²) in [5.74, 6) is -0.315. The summed E-state index contributed by atoms with van der Waals surface area (Å²) >= 11 is 0. The van der Waals surface area contributed by atoms with E-state index >= 15 is 0 Å². The normalized spacial score (nSPS) is 32.7. The molecule has 21 heavy (non-hydrogen) atoms. The van der Waals surface area contributed by atoms with Crippen LogP contribution in [0, 0.1) is 0 Å². The number of aliphatic hydroxyl groups excluding tert-OH is 3. The van der Waals surface area contributed by atoms with Crippen molar-refractivity contribution in [2.24, 2.45) is 0 Å². The van der Waals surface area contributed by atoms with E-state index in [1.54, 1.807) is 6.92 Å². The molecule has 0 spiro atoms. The Bertz CT molecular complexity index is 362. The van der Waals surface area contributed by atoms with Crippen LogP contribution >= 0.6 is 0 Å². The van der Waals surface area contributed by atoms with E-state index in [2.05, 4.69) is 5.32 Å². The van der Waals surface area contributed by atoms with Gasteiger partial charge in [-0.25, -0.2) is 0 Å². The van der Waals surface area contributed by atoms with Gasteiger partial charge in [0.2, 0.25) is 5.91 Å². The van der Waals surface area contributed by atoms with Gasteiger partial charge in [0.15, 0.2) is 6.29 Å². The Morgan fingerprint density at radius 3 is 2.43 bits per heavy atom. The molecule has 1 rings (SSSR count). The lowest BCUT2D eigenvalue weighted by Gasteiger charge is -2.38. The molecule has 0 aromatic heterocycles. The number of hydrogen-bond acceptors (Lipinski definition) is 7. The summed E-state index contributed by atoms with van der Waals surface area (Å²) in [4.78, 5) is 22.1. The Morgan fingerprint density at radius 2 is 1.81 bits per heavy atom. The van der Waals surface area contributed by atoms with Crippen LogP contribution in [0.4, 0.5) is 0 Å². The van der Waals surface area contributed by atoms with Crippen LogP contribution in [0.15, 0.2) is 0 Å². The van der Waals surface area contributed by atoms with Crippen molar-refractivity contribution in [1.29, 1.82) is 0 Å². The van der Waals surface area contributed by atoms with Crippen LogP contribution in [-0.4, -0.2) is 70.9 Å². The highest BCUT2D eigenvalue weighted by molar-refractivity contribution is 5.83. The second-order valence-electron chi connectivity index (χ2n) is 5.10. The number of ether oxygens (including phenoxy) is 2. The van der Waals surface area contributed by atoms with Crippen molar-refractivity contribution in [2.45, 2.75) is 57.4 Å². The number of carbonyl (C=O) groups excluding carboxylic acids is 2. The maximum absolute atomic E-state index is 11.3. The van der Waals surface area contributed by atoms with Gasteiger partial charge in [0, 0.05) is 19.4 Å². The Balaban J connectivity index is 2.23. The average molecular weight is 305 g/mol. The number of amides is 1. The van der Waals surface area contributed by atoms with E-state index in [1.165, 1.54) is 6.92 Å². The maximum Gasteiger partial charge on any atom is 0.220 e. The summed E-state index contributed by atoms with van der Waals surface area (Å²) < 4.78 is 10.5. The molecular formula is C13H23NO7. The molecule has 0 saturated carbocycles. The molecule has 8 heteroatoms. The topological polar surface area (TPSA) is 125 Å². The molecule has 1 aliphatic heterocycles. The highest BCUT2D eigenvalue weighted by atomic mass is 16.7. The molecular weight excluding hydrogens is 282 g/mol. The molecule has 5 atom stereocenters. The number of rotatable bonds is 7. The molecule has 1 saturated heterocycles. The summed E-state index contributed by atoms with van der Waals surface area (Å²) in [6.45, 7) is 3.23. The zero-order valence-electron chi connectivity index (χ0n) is 12.2. The molecule has 8 nitrogen and oxygen atoms in total. The third-order valence-corrected chi connectivity index (χ3v) is 3.22. The van der Waals surface area contributed by atoms with E-state index in [-0.39, 0.29) is 37.7 Å². The molecule has 0 aliphatic carbocycles. The van der Waals surface area contributed by atoms with Crippen molar-refractivity contribution in [3.8, 4) is 0 Å². The van der Waals surface area contributed by atoms with Crippen molar-refractivity contribution in [1.82, 2.24) is 5.32 Å². The van der Waals surface area contributed by atoms with Gasteiger partial charge in [0.25, 0.3) is 0 Å². The van der Waals surface area contributed by atoms with Gasteiger partial charge < -0.3 is 34.9 Å². The van der Waals surface area contributed by atoms with Crippen molar-refractivity contribution in [3.63, 3.8) is 0 Å². The average Bonchev–Trinajstić information content (AvgIpc) is 2.44. The highest BCUT2D eigenvalue weighted by Gasteiger charge is 2.42. The minimum atomic E-state index is -1.36. The van der Waals surface area contributed by atoms with E-state index in [4.69, 9.17) is 9.47 Å². The van der Waals surface area contributed by atoms with Gasteiger partial charge in [-0.05, 0) is 13.8 Å². The Kier molecular flexibility index (Phi) is 7.20. The van der Waals surface area contributed by atoms with Crippen molar-refractivity contribution in [3.05, 3.63) is 0 Å². The smallest absolute Gasteiger partial charge is 0.220 e. The van der Waals surface area contributed by atoms with Gasteiger partial charge in [-0.15, -0.1) is 0 Å². The van der Waals surface area contributed by atoms with E-state index < -0.39 is 30.7 Å². The molecule has 1 aliphatic rings. The van der Waals surface area contributed by atoms with Crippen LogP contribution < -0.4 is 5.32 Å². The maximum atomic E-state index is 11.3. The molecule has 0 aromatic carbocycles. The predicted molar refractivity (Wildman–Crippen MR) is 71.2 cm³/mol. The first kappa shape index (κ1) is 18.0. The molecule has 4 N–H and O–H groups in total. The van der Waals surface area contributed by atoms with Crippen LogP contribution in [0.3, 0.4) is 0 Å². The van der Waals surface area contributed by atoms with Gasteiger partial charge in [-0.3, -0.25) is 4.79 Å². The van der Waals surface area contributed by atoms with Crippen molar-refractivity contribution >= 4 is 11.7 Å². The minimum Gasteiger partial charge on any atom is -0.388 e. The van der Waals surface area contributed by atoms with Gasteiger partial charge in [-0.2, -0.15) is 0 Å². The number of carbonyl (C=O) groups is 2.